The van der Waals surface area contributed by atoms with Crippen LogP contribution in [0, 0.1) is 11.8 Å². The van der Waals surface area contributed by atoms with Crippen LogP contribution >= 0.6 is 31.9 Å². The van der Waals surface area contributed by atoms with Gasteiger partial charge in [0, 0.05) is 53.8 Å². The predicted molar refractivity (Wildman–Crippen MR) is 188 cm³/mol. The Hall–Kier alpha value is -3.36. The smallest absolute Gasteiger partial charge is 0.312 e. The fourth-order valence-electron chi connectivity index (χ4n) is 4.87. The summed E-state index contributed by atoms with van der Waals surface area (Å²) in [7, 11) is 0. The van der Waals surface area contributed by atoms with Crippen molar-refractivity contribution >= 4 is 67.1 Å². The van der Waals surface area contributed by atoms with E-state index in [0.29, 0.717) is 66.1 Å². The fraction of sp³-hybridized carbons (Fsp3) is 0.515. The van der Waals surface area contributed by atoms with Gasteiger partial charge in [0.15, 0.2) is 5.78 Å². The number of nitrogens with one attached hydrogen (secondary N) is 4. The molecule has 0 spiro atoms. The monoisotopic (exact) mass is 780 g/mol. The van der Waals surface area contributed by atoms with Crippen molar-refractivity contribution in [1.82, 2.24) is 20.9 Å². The van der Waals surface area contributed by atoms with Crippen molar-refractivity contribution in [3.63, 3.8) is 0 Å². The molecule has 0 aliphatic rings. The number of ketones is 1. The number of pyridine rings is 1. The standard InChI is InChI=1S/C33H46Br2N6O6/c1-21(2)30(41-29(44)8-4-3-5-13-37-31(45)24-15-26(18-34)39-27(16-24)19-35)28(43)17-23(7-6-14-38-33(36)47)32(46)40-25-11-9-22(20-42)10-12-25/h9-12,15-16,21,23,30,42H,3-8,13-14,17-20H2,1-2H3,(H,37,45)(H,40,46)(H,41,44)(H3,36,38,47)/t23-,30+/m1/s1. The highest BCUT2D eigenvalue weighted by atomic mass is 79.9. The summed E-state index contributed by atoms with van der Waals surface area (Å²) >= 11 is 6.75. The van der Waals surface area contributed by atoms with Crippen molar-refractivity contribution in [2.45, 2.75) is 82.1 Å². The molecule has 47 heavy (non-hydrogen) atoms. The molecule has 5 amide bonds. The molecule has 0 aliphatic heterocycles. The largest absolute Gasteiger partial charge is 0.392 e. The Morgan fingerprint density at radius 2 is 1.53 bits per heavy atom. The van der Waals surface area contributed by atoms with Gasteiger partial charge in [-0.2, -0.15) is 0 Å². The molecule has 12 nitrogen and oxygen atoms in total. The summed E-state index contributed by atoms with van der Waals surface area (Å²) in [6, 6.07) is 8.79. The molecule has 0 radical (unpaired) electrons. The van der Waals surface area contributed by atoms with Gasteiger partial charge in [-0.1, -0.05) is 64.3 Å². The molecule has 0 saturated carbocycles. The molecule has 0 unspecified atom stereocenters. The van der Waals surface area contributed by atoms with E-state index in [9.17, 15) is 29.1 Å². The number of nitrogens with zero attached hydrogens (tertiary/aromatic N) is 1. The lowest BCUT2D eigenvalue weighted by Crippen LogP contribution is -2.45. The summed E-state index contributed by atoms with van der Waals surface area (Å²) in [5.74, 6) is -1.94. The van der Waals surface area contributed by atoms with Crippen molar-refractivity contribution in [1.29, 1.82) is 0 Å². The van der Waals surface area contributed by atoms with Gasteiger partial charge < -0.3 is 32.1 Å². The number of Topliss-reactive ketones (excluding diaryl/α,β-unsaturated/α-hetero) is 1. The molecule has 258 valence electrons. The molecule has 1 aromatic heterocycles. The first kappa shape index (κ1) is 39.8. The van der Waals surface area contributed by atoms with Crippen LogP contribution in [0.15, 0.2) is 36.4 Å². The van der Waals surface area contributed by atoms with Crippen LogP contribution in [0.4, 0.5) is 10.5 Å². The Balaban J connectivity index is 1.87. The molecule has 0 saturated heterocycles. The van der Waals surface area contributed by atoms with E-state index in [-0.39, 0.29) is 55.4 Å². The molecular weight excluding hydrogens is 736 g/mol. The Morgan fingerprint density at radius 1 is 0.894 bits per heavy atom. The number of alkyl halides is 2. The van der Waals surface area contributed by atoms with E-state index < -0.39 is 18.0 Å². The summed E-state index contributed by atoms with van der Waals surface area (Å²) < 4.78 is 0. The third-order valence-electron chi connectivity index (χ3n) is 7.41. The van der Waals surface area contributed by atoms with Crippen molar-refractivity contribution in [2.24, 2.45) is 17.6 Å². The summed E-state index contributed by atoms with van der Waals surface area (Å²) in [6.07, 6.45) is 2.87. The van der Waals surface area contributed by atoms with E-state index in [4.69, 9.17) is 5.73 Å². The number of aromatic nitrogens is 1. The fourth-order valence-corrected chi connectivity index (χ4v) is 5.44. The van der Waals surface area contributed by atoms with Crippen molar-refractivity contribution in [3.05, 3.63) is 58.9 Å². The zero-order valence-electron chi connectivity index (χ0n) is 27.0. The van der Waals surface area contributed by atoms with E-state index in [1.807, 2.05) is 13.8 Å². The highest BCUT2D eigenvalue weighted by Crippen LogP contribution is 2.20. The minimum absolute atomic E-state index is 0.0916. The number of urea groups is 1. The number of carbonyl (C=O) groups excluding carboxylic acids is 5. The quantitative estimate of drug-likeness (QED) is 0.0796. The highest BCUT2D eigenvalue weighted by molar-refractivity contribution is 9.08. The normalized spacial score (nSPS) is 12.2. The minimum atomic E-state index is -0.765. The van der Waals surface area contributed by atoms with Gasteiger partial charge in [-0.05, 0) is 61.4 Å². The molecule has 0 bridgehead atoms. The average molecular weight is 783 g/mol. The molecule has 1 aromatic carbocycles. The molecule has 2 rings (SSSR count). The Morgan fingerprint density at radius 3 is 2.11 bits per heavy atom. The molecule has 0 aliphatic carbocycles. The Labute approximate surface area is 293 Å². The van der Waals surface area contributed by atoms with Gasteiger partial charge in [-0.25, -0.2) is 4.79 Å². The van der Waals surface area contributed by atoms with Crippen LogP contribution in [-0.2, 0) is 31.7 Å². The van der Waals surface area contributed by atoms with Crippen molar-refractivity contribution in [2.75, 3.05) is 18.4 Å². The second-order valence-corrected chi connectivity index (χ2v) is 12.7. The number of carbonyl (C=O) groups is 5. The van der Waals surface area contributed by atoms with Crippen molar-refractivity contribution < 1.29 is 29.1 Å². The van der Waals surface area contributed by atoms with Gasteiger partial charge in [-0.3, -0.25) is 24.2 Å². The van der Waals surface area contributed by atoms with E-state index in [2.05, 4.69) is 58.1 Å². The van der Waals surface area contributed by atoms with Crippen LogP contribution in [0.25, 0.3) is 0 Å². The number of amides is 5. The number of hydrogen-bond acceptors (Lipinski definition) is 7. The minimum Gasteiger partial charge on any atom is -0.392 e. The zero-order chi connectivity index (χ0) is 34.8. The molecule has 1 heterocycles. The maximum absolute atomic E-state index is 13.4. The Kier molecular flexibility index (Phi) is 18.2. The number of primary amides is 1. The number of unbranched alkanes of at least 4 members (excludes halogenated alkanes) is 2. The summed E-state index contributed by atoms with van der Waals surface area (Å²) in [4.78, 5) is 67.5. The highest BCUT2D eigenvalue weighted by Gasteiger charge is 2.29. The first-order valence-electron chi connectivity index (χ1n) is 15.7. The number of aliphatic hydroxyl groups excluding tert-OH is 1. The van der Waals surface area contributed by atoms with E-state index in [0.717, 1.165) is 11.4 Å². The molecular formula is C33H46Br2N6O6. The molecule has 0 fully saturated rings. The maximum atomic E-state index is 13.4. The summed E-state index contributed by atoms with van der Waals surface area (Å²) in [6.45, 7) is 4.28. The second-order valence-electron chi connectivity index (χ2n) is 11.6. The average Bonchev–Trinajstić information content (AvgIpc) is 3.05. The van der Waals surface area contributed by atoms with Crippen LogP contribution in [0.2, 0.25) is 0 Å². The molecule has 7 N–H and O–H groups in total. The number of aliphatic hydroxyl groups is 1. The number of hydrogen-bond donors (Lipinski definition) is 6. The first-order chi connectivity index (χ1) is 22.5. The third kappa shape index (κ3) is 14.9. The van der Waals surface area contributed by atoms with Crippen LogP contribution < -0.4 is 27.0 Å². The SMILES string of the molecule is CC(C)[C@H](NC(=O)CCCCCNC(=O)c1cc(CBr)nc(CBr)c1)C(=O)C[C@@H](CCCNC(N)=O)C(=O)Nc1ccc(CO)cc1. The van der Waals surface area contributed by atoms with Crippen LogP contribution in [0.1, 0.15) is 86.1 Å². The first-order valence-corrected chi connectivity index (χ1v) is 18.0. The topological polar surface area (TPSA) is 193 Å². The lowest BCUT2D eigenvalue weighted by atomic mass is 9.89. The number of nitrogens with two attached hydrogens (primary N) is 1. The number of anilines is 1. The number of benzene rings is 1. The predicted octanol–water partition coefficient (Wildman–Crippen LogP) is 4.46. The summed E-state index contributed by atoms with van der Waals surface area (Å²) in [5, 5.41) is 21.4. The summed E-state index contributed by atoms with van der Waals surface area (Å²) in [5.41, 5.74) is 8.47. The lowest BCUT2D eigenvalue weighted by molar-refractivity contribution is -0.131. The number of rotatable bonds is 21. The van der Waals surface area contributed by atoms with Crippen LogP contribution in [-0.4, -0.2) is 58.8 Å². The van der Waals surface area contributed by atoms with Gasteiger partial charge in [0.25, 0.3) is 5.91 Å². The molecule has 2 atom stereocenters. The second kappa shape index (κ2) is 21.5. The Bertz CT molecular complexity index is 1320. The van der Waals surface area contributed by atoms with Gasteiger partial charge in [0.05, 0.1) is 24.0 Å². The third-order valence-corrected chi connectivity index (χ3v) is 8.56. The van der Waals surface area contributed by atoms with E-state index in [1.165, 1.54) is 0 Å². The zero-order valence-corrected chi connectivity index (χ0v) is 30.1. The van der Waals surface area contributed by atoms with Crippen LogP contribution in [0.3, 0.4) is 0 Å². The van der Waals surface area contributed by atoms with Gasteiger partial charge >= 0.3 is 6.03 Å². The van der Waals surface area contributed by atoms with Gasteiger partial charge in [0.2, 0.25) is 11.8 Å². The lowest BCUT2D eigenvalue weighted by Gasteiger charge is -2.24. The van der Waals surface area contributed by atoms with Gasteiger partial charge in [-0.15, -0.1) is 0 Å². The molecule has 2 aromatic rings. The van der Waals surface area contributed by atoms with E-state index in [1.54, 1.807) is 36.4 Å². The van der Waals surface area contributed by atoms with Crippen LogP contribution in [0.5, 0.6) is 0 Å². The molecule has 14 heteroatoms. The number of halogens is 2. The maximum Gasteiger partial charge on any atom is 0.312 e. The van der Waals surface area contributed by atoms with E-state index >= 15 is 0 Å². The van der Waals surface area contributed by atoms with Crippen molar-refractivity contribution in [3.8, 4) is 0 Å². The van der Waals surface area contributed by atoms with Gasteiger partial charge in [0.1, 0.15) is 0 Å².